The van der Waals surface area contributed by atoms with Gasteiger partial charge in [-0.05, 0) is 58.2 Å². The van der Waals surface area contributed by atoms with Gasteiger partial charge in [-0.15, -0.1) is 12.6 Å². The molecule has 0 saturated heterocycles. The van der Waals surface area contributed by atoms with Crippen LogP contribution in [0.15, 0.2) is 45.8 Å². The van der Waals surface area contributed by atoms with Crippen LogP contribution in [0.3, 0.4) is 0 Å². The van der Waals surface area contributed by atoms with Crippen molar-refractivity contribution in [3.8, 4) is 5.75 Å². The van der Waals surface area contributed by atoms with Gasteiger partial charge in [-0.1, -0.05) is 12.1 Å². The molecule has 94 valence electrons. The third-order valence-electron chi connectivity index (χ3n) is 2.46. The maximum Gasteiger partial charge on any atom is 0.147 e. The van der Waals surface area contributed by atoms with Crippen molar-refractivity contribution in [1.82, 2.24) is 0 Å². The predicted molar refractivity (Wildman–Crippen MR) is 76.9 cm³/mol. The standard InChI is InChI=1S/C14H12BrFOS/c1-9-6-12(15)14(13(18)7-9)17-8-10-2-4-11(16)5-3-10/h2-7,18H,8H2,1H3. The molecule has 0 N–H and O–H groups in total. The average molecular weight is 327 g/mol. The fourth-order valence-electron chi connectivity index (χ4n) is 1.59. The normalized spacial score (nSPS) is 10.4. The van der Waals surface area contributed by atoms with E-state index in [1.807, 2.05) is 19.1 Å². The second-order valence-corrected chi connectivity index (χ2v) is 5.35. The highest BCUT2D eigenvalue weighted by Crippen LogP contribution is 2.33. The number of aryl methyl sites for hydroxylation is 1. The monoisotopic (exact) mass is 326 g/mol. The molecule has 0 saturated carbocycles. The summed E-state index contributed by atoms with van der Waals surface area (Å²) in [7, 11) is 0. The van der Waals surface area contributed by atoms with E-state index in [0.717, 1.165) is 20.5 Å². The second kappa shape index (κ2) is 5.76. The molecule has 0 heterocycles. The van der Waals surface area contributed by atoms with Gasteiger partial charge >= 0.3 is 0 Å². The van der Waals surface area contributed by atoms with Gasteiger partial charge in [0.1, 0.15) is 18.2 Å². The first-order valence-electron chi connectivity index (χ1n) is 5.42. The quantitative estimate of drug-likeness (QED) is 0.800. The molecule has 0 aromatic heterocycles. The molecular weight excluding hydrogens is 315 g/mol. The molecule has 0 atom stereocenters. The maximum absolute atomic E-state index is 12.8. The lowest BCUT2D eigenvalue weighted by atomic mass is 10.2. The Kier molecular flexibility index (Phi) is 4.30. The van der Waals surface area contributed by atoms with Crippen LogP contribution in [0, 0.1) is 12.7 Å². The molecule has 0 aliphatic rings. The summed E-state index contributed by atoms with van der Waals surface area (Å²) in [5.74, 6) is 0.457. The highest BCUT2D eigenvalue weighted by molar-refractivity contribution is 9.10. The minimum Gasteiger partial charge on any atom is -0.487 e. The zero-order valence-electron chi connectivity index (χ0n) is 9.78. The lowest BCUT2D eigenvalue weighted by Gasteiger charge is -2.11. The lowest BCUT2D eigenvalue weighted by Crippen LogP contribution is -1.97. The molecule has 0 aliphatic heterocycles. The van der Waals surface area contributed by atoms with Crippen LogP contribution < -0.4 is 4.74 Å². The summed E-state index contributed by atoms with van der Waals surface area (Å²) in [5, 5.41) is 0. The number of benzene rings is 2. The zero-order chi connectivity index (χ0) is 13.1. The van der Waals surface area contributed by atoms with Crippen molar-refractivity contribution in [3.05, 3.63) is 57.8 Å². The Morgan fingerprint density at radius 2 is 1.89 bits per heavy atom. The van der Waals surface area contributed by atoms with Crippen LogP contribution in [0.1, 0.15) is 11.1 Å². The van der Waals surface area contributed by atoms with E-state index in [0.29, 0.717) is 12.4 Å². The molecule has 2 aromatic carbocycles. The molecule has 0 bridgehead atoms. The number of ether oxygens (including phenoxy) is 1. The van der Waals surface area contributed by atoms with Gasteiger partial charge in [-0.2, -0.15) is 0 Å². The topological polar surface area (TPSA) is 9.23 Å². The van der Waals surface area contributed by atoms with Gasteiger partial charge in [0.05, 0.1) is 4.47 Å². The molecule has 4 heteroatoms. The SMILES string of the molecule is Cc1cc(S)c(OCc2ccc(F)cc2)c(Br)c1. The predicted octanol–water partition coefficient (Wildman–Crippen LogP) is 4.76. The minimum absolute atomic E-state index is 0.245. The van der Waals surface area contributed by atoms with E-state index >= 15 is 0 Å². The van der Waals surface area contributed by atoms with Crippen molar-refractivity contribution in [2.24, 2.45) is 0 Å². The number of hydrogen-bond acceptors (Lipinski definition) is 2. The Morgan fingerprint density at radius 1 is 1.22 bits per heavy atom. The van der Waals surface area contributed by atoms with Gasteiger partial charge in [0.25, 0.3) is 0 Å². The molecule has 0 amide bonds. The van der Waals surface area contributed by atoms with Gasteiger partial charge < -0.3 is 4.74 Å². The average Bonchev–Trinajstić information content (AvgIpc) is 2.30. The highest BCUT2D eigenvalue weighted by Gasteiger charge is 2.07. The van der Waals surface area contributed by atoms with Crippen molar-refractivity contribution in [3.63, 3.8) is 0 Å². The summed E-state index contributed by atoms with van der Waals surface area (Å²) < 4.78 is 19.3. The van der Waals surface area contributed by atoms with E-state index in [1.54, 1.807) is 12.1 Å². The van der Waals surface area contributed by atoms with E-state index in [9.17, 15) is 4.39 Å². The molecule has 2 rings (SSSR count). The Morgan fingerprint density at radius 3 is 2.50 bits per heavy atom. The van der Waals surface area contributed by atoms with Crippen LogP contribution in [-0.2, 0) is 6.61 Å². The van der Waals surface area contributed by atoms with Crippen LogP contribution in [0.2, 0.25) is 0 Å². The highest BCUT2D eigenvalue weighted by atomic mass is 79.9. The van der Waals surface area contributed by atoms with Crippen molar-refractivity contribution >= 4 is 28.6 Å². The second-order valence-electron chi connectivity index (χ2n) is 4.01. The van der Waals surface area contributed by atoms with Crippen LogP contribution in [-0.4, -0.2) is 0 Å². The summed E-state index contributed by atoms with van der Waals surface area (Å²) >= 11 is 7.83. The van der Waals surface area contributed by atoms with Crippen LogP contribution >= 0.6 is 28.6 Å². The summed E-state index contributed by atoms with van der Waals surface area (Å²) in [6.07, 6.45) is 0. The Labute approximate surface area is 120 Å². The van der Waals surface area contributed by atoms with E-state index in [-0.39, 0.29) is 5.82 Å². The molecule has 18 heavy (non-hydrogen) atoms. The van der Waals surface area contributed by atoms with Crippen LogP contribution in [0.4, 0.5) is 4.39 Å². The smallest absolute Gasteiger partial charge is 0.147 e. The van der Waals surface area contributed by atoms with Crippen molar-refractivity contribution in [2.75, 3.05) is 0 Å². The number of thiol groups is 1. The van der Waals surface area contributed by atoms with Gasteiger partial charge in [-0.25, -0.2) is 4.39 Å². The van der Waals surface area contributed by atoms with Crippen molar-refractivity contribution in [1.29, 1.82) is 0 Å². The van der Waals surface area contributed by atoms with E-state index in [4.69, 9.17) is 4.74 Å². The molecule has 2 aromatic rings. The van der Waals surface area contributed by atoms with E-state index in [1.165, 1.54) is 12.1 Å². The Balaban J connectivity index is 2.13. The molecule has 0 unspecified atom stereocenters. The molecular formula is C14H12BrFOS. The van der Waals surface area contributed by atoms with Gasteiger partial charge in [0.2, 0.25) is 0 Å². The first kappa shape index (κ1) is 13.4. The van der Waals surface area contributed by atoms with Crippen LogP contribution in [0.25, 0.3) is 0 Å². The fourth-order valence-corrected chi connectivity index (χ4v) is 2.82. The van der Waals surface area contributed by atoms with E-state index < -0.39 is 0 Å². The van der Waals surface area contributed by atoms with Crippen molar-refractivity contribution < 1.29 is 9.13 Å². The molecule has 0 aliphatic carbocycles. The van der Waals surface area contributed by atoms with Crippen molar-refractivity contribution in [2.45, 2.75) is 18.4 Å². The Hall–Kier alpha value is -1.000. The van der Waals surface area contributed by atoms with E-state index in [2.05, 4.69) is 28.6 Å². The van der Waals surface area contributed by atoms with Gasteiger partial charge in [0.15, 0.2) is 0 Å². The maximum atomic E-state index is 12.8. The molecule has 0 fully saturated rings. The molecule has 0 radical (unpaired) electrons. The number of rotatable bonds is 3. The first-order valence-corrected chi connectivity index (χ1v) is 6.66. The summed E-state index contributed by atoms with van der Waals surface area (Å²) in [5.41, 5.74) is 2.03. The summed E-state index contributed by atoms with van der Waals surface area (Å²) in [4.78, 5) is 0.781. The molecule has 1 nitrogen and oxygen atoms in total. The third-order valence-corrected chi connectivity index (χ3v) is 3.39. The number of halogens is 2. The summed E-state index contributed by atoms with van der Waals surface area (Å²) in [6.45, 7) is 2.38. The first-order chi connectivity index (χ1) is 8.56. The third kappa shape index (κ3) is 3.27. The van der Waals surface area contributed by atoms with Gasteiger partial charge in [0, 0.05) is 4.90 Å². The largest absolute Gasteiger partial charge is 0.487 e. The number of hydrogen-bond donors (Lipinski definition) is 1. The lowest BCUT2D eigenvalue weighted by molar-refractivity contribution is 0.296. The fraction of sp³-hybridized carbons (Fsp3) is 0.143. The molecule has 0 spiro atoms. The minimum atomic E-state index is -0.245. The zero-order valence-corrected chi connectivity index (χ0v) is 12.3. The van der Waals surface area contributed by atoms with Gasteiger partial charge in [-0.3, -0.25) is 0 Å². The Bertz CT molecular complexity index is 531. The summed E-state index contributed by atoms with van der Waals surface area (Å²) in [6, 6.07) is 10.2. The van der Waals surface area contributed by atoms with Crippen LogP contribution in [0.5, 0.6) is 5.75 Å².